The molecular formula is C15H20N2O2S2. The molecule has 2 heterocycles. The normalized spacial score (nSPS) is 12.2. The van der Waals surface area contributed by atoms with Gasteiger partial charge in [0.15, 0.2) is 10.8 Å². The fourth-order valence-corrected chi connectivity index (χ4v) is 3.94. The number of thiophene rings is 1. The number of aryl methyl sites for hydroxylation is 2. The summed E-state index contributed by atoms with van der Waals surface area (Å²) in [4.78, 5) is 19.7. The van der Waals surface area contributed by atoms with Crippen molar-refractivity contribution >= 4 is 33.8 Å². The van der Waals surface area contributed by atoms with Crippen LogP contribution in [-0.2, 0) is 11.2 Å². The second-order valence-corrected chi connectivity index (χ2v) is 7.48. The van der Waals surface area contributed by atoms with Crippen molar-refractivity contribution in [3.05, 3.63) is 32.5 Å². The summed E-state index contributed by atoms with van der Waals surface area (Å²) in [6, 6.07) is 4.57. The molecule has 0 aliphatic carbocycles. The maximum atomic E-state index is 11.8. The van der Waals surface area contributed by atoms with Crippen molar-refractivity contribution < 1.29 is 9.53 Å². The standard InChI is InChI=1S/C15H20N2O2S2/c1-5-19-14(18)13-11(4)21-15(17-13)16-9(2)8-12-7-6-10(3)20-12/h6-7,9H,5,8H2,1-4H3,(H,16,17). The van der Waals surface area contributed by atoms with Gasteiger partial charge in [-0.15, -0.1) is 22.7 Å². The van der Waals surface area contributed by atoms with Gasteiger partial charge in [0.1, 0.15) is 0 Å². The molecule has 0 saturated carbocycles. The van der Waals surface area contributed by atoms with Crippen LogP contribution in [-0.4, -0.2) is 23.6 Å². The van der Waals surface area contributed by atoms with Crippen LogP contribution < -0.4 is 5.32 Å². The Hall–Kier alpha value is -1.40. The predicted molar refractivity (Wildman–Crippen MR) is 88.7 cm³/mol. The molecule has 2 aromatic heterocycles. The zero-order chi connectivity index (χ0) is 15.4. The summed E-state index contributed by atoms with van der Waals surface area (Å²) in [5.41, 5.74) is 0.420. The Morgan fingerprint density at radius 3 is 2.76 bits per heavy atom. The van der Waals surface area contributed by atoms with Crippen molar-refractivity contribution in [2.45, 2.75) is 40.2 Å². The summed E-state index contributed by atoms with van der Waals surface area (Å²) in [5.74, 6) is -0.346. The second kappa shape index (κ2) is 7.04. The van der Waals surface area contributed by atoms with Crippen LogP contribution in [0.2, 0.25) is 0 Å². The molecule has 0 spiro atoms. The van der Waals surface area contributed by atoms with Crippen molar-refractivity contribution in [2.75, 3.05) is 11.9 Å². The number of anilines is 1. The third kappa shape index (κ3) is 4.28. The largest absolute Gasteiger partial charge is 0.461 e. The van der Waals surface area contributed by atoms with E-state index >= 15 is 0 Å². The molecule has 2 aromatic rings. The molecule has 0 amide bonds. The molecule has 0 aliphatic rings. The molecule has 1 unspecified atom stereocenters. The van der Waals surface area contributed by atoms with Crippen LogP contribution in [0.4, 0.5) is 5.13 Å². The first-order valence-electron chi connectivity index (χ1n) is 6.96. The van der Waals surface area contributed by atoms with Crippen LogP contribution in [0.3, 0.4) is 0 Å². The van der Waals surface area contributed by atoms with Crippen LogP contribution in [0.5, 0.6) is 0 Å². The summed E-state index contributed by atoms with van der Waals surface area (Å²) < 4.78 is 5.00. The van der Waals surface area contributed by atoms with E-state index < -0.39 is 0 Å². The second-order valence-electron chi connectivity index (χ2n) is 4.91. The number of nitrogens with zero attached hydrogens (tertiary/aromatic N) is 1. The van der Waals surface area contributed by atoms with Crippen molar-refractivity contribution in [3.8, 4) is 0 Å². The van der Waals surface area contributed by atoms with E-state index in [0.29, 0.717) is 12.3 Å². The molecule has 0 saturated heterocycles. The smallest absolute Gasteiger partial charge is 0.358 e. The number of carbonyl (C=O) groups is 1. The van der Waals surface area contributed by atoms with E-state index in [4.69, 9.17) is 4.74 Å². The monoisotopic (exact) mass is 324 g/mol. The lowest BCUT2D eigenvalue weighted by Gasteiger charge is -2.11. The topological polar surface area (TPSA) is 51.2 Å². The van der Waals surface area contributed by atoms with Crippen molar-refractivity contribution in [2.24, 2.45) is 0 Å². The Bertz CT molecular complexity index is 619. The minimum absolute atomic E-state index is 0.267. The quantitative estimate of drug-likeness (QED) is 0.815. The molecular weight excluding hydrogens is 304 g/mol. The van der Waals surface area contributed by atoms with E-state index in [9.17, 15) is 4.79 Å². The first-order chi connectivity index (χ1) is 9.99. The van der Waals surface area contributed by atoms with Gasteiger partial charge in [-0.1, -0.05) is 0 Å². The SMILES string of the molecule is CCOC(=O)c1nc(NC(C)Cc2ccc(C)s2)sc1C. The molecule has 1 N–H and O–H groups in total. The first kappa shape index (κ1) is 16.0. The summed E-state index contributed by atoms with van der Waals surface area (Å²) in [5, 5.41) is 4.14. The summed E-state index contributed by atoms with van der Waals surface area (Å²) >= 11 is 3.31. The summed E-state index contributed by atoms with van der Waals surface area (Å²) in [7, 11) is 0. The molecule has 0 radical (unpaired) electrons. The average molecular weight is 324 g/mol. The zero-order valence-electron chi connectivity index (χ0n) is 12.7. The van der Waals surface area contributed by atoms with E-state index in [2.05, 4.69) is 36.3 Å². The molecule has 6 heteroatoms. The predicted octanol–water partition coefficient (Wildman–Crippen LogP) is 4.04. The molecule has 1 atom stereocenters. The Labute approximate surface area is 133 Å². The highest BCUT2D eigenvalue weighted by Crippen LogP contribution is 2.24. The minimum Gasteiger partial charge on any atom is -0.461 e. The minimum atomic E-state index is -0.346. The van der Waals surface area contributed by atoms with Gasteiger partial charge in [0.25, 0.3) is 0 Å². The zero-order valence-corrected chi connectivity index (χ0v) is 14.4. The molecule has 114 valence electrons. The van der Waals surface area contributed by atoms with E-state index in [0.717, 1.165) is 16.4 Å². The number of rotatable bonds is 6. The van der Waals surface area contributed by atoms with Crippen LogP contribution in [0.15, 0.2) is 12.1 Å². The van der Waals surface area contributed by atoms with E-state index in [1.54, 1.807) is 6.92 Å². The highest BCUT2D eigenvalue weighted by molar-refractivity contribution is 7.15. The summed E-state index contributed by atoms with van der Waals surface area (Å²) in [6.07, 6.45) is 0.950. The van der Waals surface area contributed by atoms with Gasteiger partial charge in [0, 0.05) is 27.1 Å². The number of hydrogen-bond donors (Lipinski definition) is 1. The number of carbonyl (C=O) groups excluding carboxylic acids is 1. The summed E-state index contributed by atoms with van der Waals surface area (Å²) in [6.45, 7) is 8.29. The lowest BCUT2D eigenvalue weighted by Crippen LogP contribution is -2.17. The van der Waals surface area contributed by atoms with Gasteiger partial charge in [-0.25, -0.2) is 9.78 Å². The molecule has 2 rings (SSSR count). The van der Waals surface area contributed by atoms with Gasteiger partial charge in [-0.3, -0.25) is 0 Å². The molecule has 4 nitrogen and oxygen atoms in total. The van der Waals surface area contributed by atoms with Crippen molar-refractivity contribution in [1.82, 2.24) is 4.98 Å². The Kier molecular flexibility index (Phi) is 5.36. The fourth-order valence-electron chi connectivity index (χ4n) is 2.01. The van der Waals surface area contributed by atoms with Crippen LogP contribution in [0.25, 0.3) is 0 Å². The van der Waals surface area contributed by atoms with Crippen LogP contribution >= 0.6 is 22.7 Å². The highest BCUT2D eigenvalue weighted by atomic mass is 32.1. The number of nitrogens with one attached hydrogen (secondary N) is 1. The lowest BCUT2D eigenvalue weighted by molar-refractivity contribution is 0.0519. The number of esters is 1. The highest BCUT2D eigenvalue weighted by Gasteiger charge is 2.17. The Balaban J connectivity index is 1.99. The molecule has 0 aromatic carbocycles. The first-order valence-corrected chi connectivity index (χ1v) is 8.59. The van der Waals surface area contributed by atoms with Gasteiger partial charge in [0.05, 0.1) is 6.61 Å². The number of ether oxygens (including phenoxy) is 1. The van der Waals surface area contributed by atoms with E-state index in [1.807, 2.05) is 18.3 Å². The third-order valence-electron chi connectivity index (χ3n) is 2.94. The van der Waals surface area contributed by atoms with Gasteiger partial charge < -0.3 is 10.1 Å². The van der Waals surface area contributed by atoms with E-state index in [1.165, 1.54) is 21.1 Å². The van der Waals surface area contributed by atoms with Gasteiger partial charge in [-0.2, -0.15) is 0 Å². The lowest BCUT2D eigenvalue weighted by atomic mass is 10.2. The van der Waals surface area contributed by atoms with Crippen LogP contribution in [0.1, 0.15) is 39.0 Å². The van der Waals surface area contributed by atoms with Crippen LogP contribution in [0, 0.1) is 13.8 Å². The maximum Gasteiger partial charge on any atom is 0.358 e. The van der Waals surface area contributed by atoms with Crippen molar-refractivity contribution in [1.29, 1.82) is 0 Å². The number of aromatic nitrogens is 1. The van der Waals surface area contributed by atoms with Crippen molar-refractivity contribution in [3.63, 3.8) is 0 Å². The Morgan fingerprint density at radius 1 is 1.38 bits per heavy atom. The molecule has 0 aliphatic heterocycles. The molecule has 0 bridgehead atoms. The average Bonchev–Trinajstić information content (AvgIpc) is 2.96. The van der Waals surface area contributed by atoms with Gasteiger partial charge in [-0.05, 0) is 39.8 Å². The number of hydrogen-bond acceptors (Lipinski definition) is 6. The molecule has 21 heavy (non-hydrogen) atoms. The van der Waals surface area contributed by atoms with Gasteiger partial charge >= 0.3 is 5.97 Å². The van der Waals surface area contributed by atoms with Gasteiger partial charge in [0.2, 0.25) is 0 Å². The molecule has 0 fully saturated rings. The van der Waals surface area contributed by atoms with E-state index in [-0.39, 0.29) is 12.0 Å². The third-order valence-corrected chi connectivity index (χ3v) is 4.86. The number of thiazole rings is 1. The maximum absolute atomic E-state index is 11.8. The Morgan fingerprint density at radius 2 is 2.14 bits per heavy atom. The fraction of sp³-hybridized carbons (Fsp3) is 0.467.